The number of carbonyl (C=O) groups excluding carboxylic acids is 1. The van der Waals surface area contributed by atoms with Crippen molar-refractivity contribution in [2.45, 2.75) is 25.8 Å². The predicted molar refractivity (Wildman–Crippen MR) is 90.7 cm³/mol. The van der Waals surface area contributed by atoms with Crippen LogP contribution in [0.5, 0.6) is 5.75 Å². The third kappa shape index (κ3) is 6.51. The van der Waals surface area contributed by atoms with Crippen LogP contribution in [0.15, 0.2) is 42.5 Å². The Morgan fingerprint density at radius 2 is 1.85 bits per heavy atom. The number of halogens is 2. The lowest BCUT2D eigenvalue weighted by Gasteiger charge is -2.08. The van der Waals surface area contributed by atoms with E-state index < -0.39 is 24.2 Å². The minimum absolute atomic E-state index is 0.163. The summed E-state index contributed by atoms with van der Waals surface area (Å²) < 4.78 is 31.0. The predicted octanol–water partition coefficient (Wildman–Crippen LogP) is 3.07. The standard InChI is InChI=1S/C19H19F2NO4/c20-16-8-7-13(10-17(16)21)3-2-6-18(23)22-11-14-4-1-5-15(9-14)26-12-19(24)25/h1,4-5,7-10H,2-3,6,11-12H2,(H,22,23)(H,24,25). The summed E-state index contributed by atoms with van der Waals surface area (Å²) in [5.74, 6) is -2.59. The molecule has 5 nitrogen and oxygen atoms in total. The molecule has 26 heavy (non-hydrogen) atoms. The molecule has 2 aromatic carbocycles. The van der Waals surface area contributed by atoms with Crippen molar-refractivity contribution < 1.29 is 28.2 Å². The highest BCUT2D eigenvalue weighted by atomic mass is 19.2. The molecule has 2 rings (SSSR count). The Balaban J connectivity index is 1.73. The second-order valence-corrected chi connectivity index (χ2v) is 5.71. The molecule has 0 aliphatic carbocycles. The van der Waals surface area contributed by atoms with Crippen molar-refractivity contribution in [2.24, 2.45) is 0 Å². The Labute approximate surface area is 149 Å². The van der Waals surface area contributed by atoms with Gasteiger partial charge in [-0.1, -0.05) is 18.2 Å². The van der Waals surface area contributed by atoms with E-state index >= 15 is 0 Å². The van der Waals surface area contributed by atoms with E-state index in [9.17, 15) is 18.4 Å². The van der Waals surface area contributed by atoms with Gasteiger partial charge in [-0.2, -0.15) is 0 Å². The molecule has 0 radical (unpaired) electrons. The van der Waals surface area contributed by atoms with E-state index in [0.717, 1.165) is 17.7 Å². The molecular formula is C19H19F2NO4. The van der Waals surface area contributed by atoms with Crippen LogP contribution in [0, 0.1) is 11.6 Å². The number of amides is 1. The van der Waals surface area contributed by atoms with Gasteiger partial charge in [0.15, 0.2) is 18.2 Å². The maximum absolute atomic E-state index is 13.1. The minimum Gasteiger partial charge on any atom is -0.482 e. The maximum atomic E-state index is 13.1. The van der Waals surface area contributed by atoms with Crippen molar-refractivity contribution >= 4 is 11.9 Å². The number of rotatable bonds is 9. The van der Waals surface area contributed by atoms with Gasteiger partial charge < -0.3 is 15.2 Å². The zero-order valence-corrected chi connectivity index (χ0v) is 14.0. The Hall–Kier alpha value is -2.96. The van der Waals surface area contributed by atoms with Crippen LogP contribution in [0.1, 0.15) is 24.0 Å². The molecule has 0 aromatic heterocycles. The molecule has 0 heterocycles. The van der Waals surface area contributed by atoms with E-state index in [0.29, 0.717) is 24.2 Å². The van der Waals surface area contributed by atoms with Crippen molar-refractivity contribution in [3.8, 4) is 5.75 Å². The lowest BCUT2D eigenvalue weighted by atomic mass is 10.1. The zero-order chi connectivity index (χ0) is 18.9. The number of aryl methyl sites for hydroxylation is 1. The molecule has 0 aliphatic heterocycles. The lowest BCUT2D eigenvalue weighted by Crippen LogP contribution is -2.22. The number of aliphatic carboxylic acids is 1. The molecule has 1 amide bonds. The van der Waals surface area contributed by atoms with Crippen molar-refractivity contribution in [1.82, 2.24) is 5.32 Å². The molecule has 2 aromatic rings. The molecule has 0 unspecified atom stereocenters. The lowest BCUT2D eigenvalue weighted by molar-refractivity contribution is -0.139. The van der Waals surface area contributed by atoms with Crippen LogP contribution in [-0.4, -0.2) is 23.6 Å². The number of carboxylic acid groups (broad SMARTS) is 1. The SMILES string of the molecule is O=C(O)COc1cccc(CNC(=O)CCCc2ccc(F)c(F)c2)c1. The molecule has 0 bridgehead atoms. The summed E-state index contributed by atoms with van der Waals surface area (Å²) in [6, 6.07) is 10.5. The molecule has 2 N–H and O–H groups in total. The van der Waals surface area contributed by atoms with Gasteiger partial charge in [-0.15, -0.1) is 0 Å². The number of nitrogens with one attached hydrogen (secondary N) is 1. The number of hydrogen-bond donors (Lipinski definition) is 2. The van der Waals surface area contributed by atoms with Crippen molar-refractivity contribution in [3.05, 3.63) is 65.2 Å². The molecule has 0 saturated heterocycles. The van der Waals surface area contributed by atoms with E-state index in [1.54, 1.807) is 24.3 Å². The number of carbonyl (C=O) groups is 2. The topological polar surface area (TPSA) is 75.6 Å². The van der Waals surface area contributed by atoms with Gasteiger partial charge in [-0.3, -0.25) is 4.79 Å². The number of hydrogen-bond acceptors (Lipinski definition) is 3. The summed E-state index contributed by atoms with van der Waals surface area (Å²) in [4.78, 5) is 22.4. The maximum Gasteiger partial charge on any atom is 0.341 e. The first-order chi connectivity index (χ1) is 12.4. The van der Waals surface area contributed by atoms with Crippen LogP contribution in [0.25, 0.3) is 0 Å². The second-order valence-electron chi connectivity index (χ2n) is 5.71. The van der Waals surface area contributed by atoms with Crippen molar-refractivity contribution in [2.75, 3.05) is 6.61 Å². The molecule has 0 fully saturated rings. The first-order valence-corrected chi connectivity index (χ1v) is 8.08. The number of ether oxygens (including phenoxy) is 1. The van der Waals surface area contributed by atoms with Gasteiger partial charge in [0.05, 0.1) is 0 Å². The highest BCUT2D eigenvalue weighted by Crippen LogP contribution is 2.14. The molecule has 0 aliphatic rings. The van der Waals surface area contributed by atoms with E-state index in [1.165, 1.54) is 6.07 Å². The Kier molecular flexibility index (Phi) is 7.08. The van der Waals surface area contributed by atoms with E-state index in [4.69, 9.17) is 9.84 Å². The van der Waals surface area contributed by atoms with Crippen LogP contribution in [0.4, 0.5) is 8.78 Å². The van der Waals surface area contributed by atoms with Crippen molar-refractivity contribution in [1.29, 1.82) is 0 Å². The van der Waals surface area contributed by atoms with Gasteiger partial charge >= 0.3 is 5.97 Å². The van der Waals surface area contributed by atoms with E-state index in [1.807, 2.05) is 0 Å². The fourth-order valence-corrected chi connectivity index (χ4v) is 2.33. The van der Waals surface area contributed by atoms with Gasteiger partial charge in [-0.25, -0.2) is 13.6 Å². The van der Waals surface area contributed by atoms with Crippen LogP contribution in [-0.2, 0) is 22.6 Å². The fraction of sp³-hybridized carbons (Fsp3) is 0.263. The van der Waals surface area contributed by atoms with Crippen LogP contribution < -0.4 is 10.1 Å². The van der Waals surface area contributed by atoms with Gasteiger partial charge in [0.1, 0.15) is 5.75 Å². The highest BCUT2D eigenvalue weighted by molar-refractivity contribution is 5.75. The van der Waals surface area contributed by atoms with Crippen molar-refractivity contribution in [3.63, 3.8) is 0 Å². The molecule has 0 saturated carbocycles. The average Bonchev–Trinajstić information content (AvgIpc) is 2.61. The third-order valence-corrected chi connectivity index (χ3v) is 3.60. The summed E-state index contributed by atoms with van der Waals surface area (Å²) in [5.41, 5.74) is 1.42. The average molecular weight is 363 g/mol. The largest absolute Gasteiger partial charge is 0.482 e. The summed E-state index contributed by atoms with van der Waals surface area (Å²) in [5, 5.41) is 11.3. The summed E-state index contributed by atoms with van der Waals surface area (Å²) in [7, 11) is 0. The minimum atomic E-state index is -1.07. The van der Waals surface area contributed by atoms with Gasteiger partial charge in [0, 0.05) is 13.0 Å². The Bertz CT molecular complexity index is 780. The Morgan fingerprint density at radius 1 is 1.04 bits per heavy atom. The molecule has 0 spiro atoms. The highest BCUT2D eigenvalue weighted by Gasteiger charge is 2.06. The summed E-state index contributed by atoms with van der Waals surface area (Å²) in [6.45, 7) is -0.145. The normalized spacial score (nSPS) is 10.4. The van der Waals surface area contributed by atoms with Crippen LogP contribution in [0.3, 0.4) is 0 Å². The van der Waals surface area contributed by atoms with E-state index in [-0.39, 0.29) is 18.9 Å². The monoisotopic (exact) mass is 363 g/mol. The second kappa shape index (κ2) is 9.50. The first-order valence-electron chi connectivity index (χ1n) is 8.08. The molecule has 0 atom stereocenters. The van der Waals surface area contributed by atoms with Gasteiger partial charge in [0.25, 0.3) is 0 Å². The number of carboxylic acids is 1. The first kappa shape index (κ1) is 19.4. The molecule has 138 valence electrons. The molecular weight excluding hydrogens is 344 g/mol. The number of benzene rings is 2. The summed E-state index contributed by atoms with van der Waals surface area (Å²) >= 11 is 0. The van der Waals surface area contributed by atoms with E-state index in [2.05, 4.69) is 5.32 Å². The Morgan fingerprint density at radius 3 is 2.58 bits per heavy atom. The van der Waals surface area contributed by atoms with Crippen LogP contribution in [0.2, 0.25) is 0 Å². The summed E-state index contributed by atoms with van der Waals surface area (Å²) in [6.07, 6.45) is 1.25. The van der Waals surface area contributed by atoms with Crippen LogP contribution >= 0.6 is 0 Å². The molecule has 7 heteroatoms. The fourth-order valence-electron chi connectivity index (χ4n) is 2.33. The van der Waals surface area contributed by atoms with Gasteiger partial charge in [-0.05, 0) is 48.2 Å². The van der Waals surface area contributed by atoms with Gasteiger partial charge in [0.2, 0.25) is 5.91 Å². The zero-order valence-electron chi connectivity index (χ0n) is 14.0. The smallest absolute Gasteiger partial charge is 0.341 e. The third-order valence-electron chi connectivity index (χ3n) is 3.60. The quantitative estimate of drug-likeness (QED) is 0.718.